The lowest BCUT2D eigenvalue weighted by Gasteiger charge is -2.39. The molecule has 0 unspecified atom stereocenters. The molecule has 1 amide bonds. The standard InChI is InChI=1S/C19H28N2O2/c1-20(19(22)16-6-4-7-16)17-9-11-21(12-10-17)14-15-5-3-8-18(13-15)23-2/h3,5,8,13,16-17H,4,6-7,9-12,14H2,1-2H3. The van der Waals surface area contributed by atoms with Crippen LogP contribution in [0.4, 0.5) is 0 Å². The van der Waals surface area contributed by atoms with Crippen LogP contribution < -0.4 is 4.74 Å². The third-order valence-corrected chi connectivity index (χ3v) is 5.45. The highest BCUT2D eigenvalue weighted by molar-refractivity contribution is 5.79. The molecule has 2 aliphatic rings. The maximum absolute atomic E-state index is 12.4. The Morgan fingerprint density at radius 2 is 2.00 bits per heavy atom. The molecule has 1 saturated carbocycles. The van der Waals surface area contributed by atoms with Gasteiger partial charge in [-0.3, -0.25) is 9.69 Å². The maximum Gasteiger partial charge on any atom is 0.225 e. The van der Waals surface area contributed by atoms with Crippen LogP contribution in [0.1, 0.15) is 37.7 Å². The van der Waals surface area contributed by atoms with E-state index in [1.807, 2.05) is 24.1 Å². The van der Waals surface area contributed by atoms with Crippen molar-refractivity contribution in [1.82, 2.24) is 9.80 Å². The summed E-state index contributed by atoms with van der Waals surface area (Å²) in [7, 11) is 3.71. The number of methoxy groups -OCH3 is 1. The summed E-state index contributed by atoms with van der Waals surface area (Å²) in [5.41, 5.74) is 1.29. The minimum Gasteiger partial charge on any atom is -0.497 e. The van der Waals surface area contributed by atoms with Crippen LogP contribution in [0.15, 0.2) is 24.3 Å². The molecule has 126 valence electrons. The second-order valence-corrected chi connectivity index (χ2v) is 6.94. The summed E-state index contributed by atoms with van der Waals surface area (Å²) in [6.45, 7) is 3.08. The fourth-order valence-electron chi connectivity index (χ4n) is 3.62. The molecule has 0 atom stereocenters. The zero-order chi connectivity index (χ0) is 16.2. The zero-order valence-corrected chi connectivity index (χ0v) is 14.3. The molecule has 23 heavy (non-hydrogen) atoms. The minimum atomic E-state index is 0.315. The Morgan fingerprint density at radius 1 is 1.26 bits per heavy atom. The van der Waals surface area contributed by atoms with Gasteiger partial charge in [-0.1, -0.05) is 18.6 Å². The summed E-state index contributed by atoms with van der Waals surface area (Å²) in [5, 5.41) is 0. The highest BCUT2D eigenvalue weighted by Gasteiger charge is 2.32. The molecule has 0 radical (unpaired) electrons. The fraction of sp³-hybridized carbons (Fsp3) is 0.632. The Morgan fingerprint density at radius 3 is 2.61 bits per heavy atom. The van der Waals surface area contributed by atoms with E-state index < -0.39 is 0 Å². The van der Waals surface area contributed by atoms with Crippen LogP contribution in [0.5, 0.6) is 5.75 Å². The Kier molecular flexibility index (Phi) is 5.21. The van der Waals surface area contributed by atoms with Crippen molar-refractivity contribution in [3.8, 4) is 5.75 Å². The van der Waals surface area contributed by atoms with Crippen molar-refractivity contribution in [3.63, 3.8) is 0 Å². The van der Waals surface area contributed by atoms with Gasteiger partial charge in [-0.25, -0.2) is 0 Å². The van der Waals surface area contributed by atoms with E-state index in [4.69, 9.17) is 4.74 Å². The van der Waals surface area contributed by atoms with E-state index >= 15 is 0 Å². The van der Waals surface area contributed by atoms with Crippen molar-refractivity contribution in [2.24, 2.45) is 5.92 Å². The number of rotatable bonds is 5. The second-order valence-electron chi connectivity index (χ2n) is 6.94. The van der Waals surface area contributed by atoms with Crippen molar-refractivity contribution in [1.29, 1.82) is 0 Å². The first-order chi connectivity index (χ1) is 11.2. The monoisotopic (exact) mass is 316 g/mol. The minimum absolute atomic E-state index is 0.315. The number of ether oxygens (including phenoxy) is 1. The first-order valence-corrected chi connectivity index (χ1v) is 8.79. The molecule has 1 aliphatic heterocycles. The van der Waals surface area contributed by atoms with E-state index in [1.165, 1.54) is 12.0 Å². The summed E-state index contributed by atoms with van der Waals surface area (Å²) in [5.74, 6) is 1.61. The number of nitrogens with zero attached hydrogens (tertiary/aromatic N) is 2. The molecule has 0 aromatic heterocycles. The van der Waals surface area contributed by atoms with Crippen LogP contribution in [-0.4, -0.2) is 49.0 Å². The highest BCUT2D eigenvalue weighted by Crippen LogP contribution is 2.29. The van der Waals surface area contributed by atoms with E-state index in [0.717, 1.165) is 51.1 Å². The Bertz CT molecular complexity index is 534. The average molecular weight is 316 g/mol. The number of piperidine rings is 1. The van der Waals surface area contributed by atoms with Gasteiger partial charge in [-0.2, -0.15) is 0 Å². The van der Waals surface area contributed by atoms with E-state index in [1.54, 1.807) is 7.11 Å². The first-order valence-electron chi connectivity index (χ1n) is 8.79. The smallest absolute Gasteiger partial charge is 0.225 e. The summed E-state index contributed by atoms with van der Waals surface area (Å²) in [4.78, 5) is 16.9. The van der Waals surface area contributed by atoms with Gasteiger partial charge < -0.3 is 9.64 Å². The van der Waals surface area contributed by atoms with Gasteiger partial charge >= 0.3 is 0 Å². The predicted molar refractivity (Wildman–Crippen MR) is 91.4 cm³/mol. The van der Waals surface area contributed by atoms with Gasteiger partial charge in [0.2, 0.25) is 5.91 Å². The van der Waals surface area contributed by atoms with Crippen LogP contribution in [0, 0.1) is 5.92 Å². The van der Waals surface area contributed by atoms with Gasteiger partial charge in [-0.15, -0.1) is 0 Å². The molecular weight excluding hydrogens is 288 g/mol. The Hall–Kier alpha value is -1.55. The number of likely N-dealkylation sites (tertiary alicyclic amines) is 1. The molecule has 4 nitrogen and oxygen atoms in total. The van der Waals surface area contributed by atoms with Crippen LogP contribution in [0.25, 0.3) is 0 Å². The van der Waals surface area contributed by atoms with Crippen molar-refractivity contribution in [2.45, 2.75) is 44.7 Å². The molecule has 0 spiro atoms. The summed E-state index contributed by atoms with van der Waals surface area (Å²) in [6.07, 6.45) is 5.58. The van der Waals surface area contributed by atoms with Gasteiger partial charge in [0.15, 0.2) is 0 Å². The highest BCUT2D eigenvalue weighted by atomic mass is 16.5. The zero-order valence-electron chi connectivity index (χ0n) is 14.3. The van der Waals surface area contributed by atoms with Crippen LogP contribution in [-0.2, 0) is 11.3 Å². The first kappa shape index (κ1) is 16.3. The predicted octanol–water partition coefficient (Wildman–Crippen LogP) is 2.92. The normalized spacial score (nSPS) is 20.1. The van der Waals surface area contributed by atoms with Gasteiger partial charge in [0.25, 0.3) is 0 Å². The van der Waals surface area contributed by atoms with Crippen molar-refractivity contribution >= 4 is 5.91 Å². The Balaban J connectivity index is 1.48. The third kappa shape index (κ3) is 3.86. The largest absolute Gasteiger partial charge is 0.497 e. The van der Waals surface area contributed by atoms with Gasteiger partial charge in [0.1, 0.15) is 5.75 Å². The van der Waals surface area contributed by atoms with Gasteiger partial charge in [0, 0.05) is 38.6 Å². The number of hydrogen-bond acceptors (Lipinski definition) is 3. The SMILES string of the molecule is COc1cccc(CN2CCC(N(C)C(=O)C3CCC3)CC2)c1. The lowest BCUT2D eigenvalue weighted by molar-refractivity contribution is -0.139. The molecule has 1 heterocycles. The molecule has 0 bridgehead atoms. The van der Waals surface area contributed by atoms with E-state index in [0.29, 0.717) is 17.9 Å². The second kappa shape index (κ2) is 7.35. The summed E-state index contributed by atoms with van der Waals surface area (Å²) >= 11 is 0. The molecule has 1 saturated heterocycles. The molecule has 1 aromatic carbocycles. The van der Waals surface area contributed by atoms with Crippen LogP contribution >= 0.6 is 0 Å². The lowest BCUT2D eigenvalue weighted by atomic mass is 9.84. The average Bonchev–Trinajstić information content (AvgIpc) is 2.53. The summed E-state index contributed by atoms with van der Waals surface area (Å²) in [6, 6.07) is 8.71. The third-order valence-electron chi connectivity index (χ3n) is 5.45. The summed E-state index contributed by atoms with van der Waals surface area (Å²) < 4.78 is 5.29. The van der Waals surface area contributed by atoms with Crippen LogP contribution in [0.2, 0.25) is 0 Å². The van der Waals surface area contributed by atoms with E-state index in [-0.39, 0.29) is 0 Å². The lowest BCUT2D eigenvalue weighted by Crippen LogP contribution is -2.48. The number of benzene rings is 1. The quantitative estimate of drug-likeness (QED) is 0.837. The van der Waals surface area contributed by atoms with Crippen molar-refractivity contribution in [2.75, 3.05) is 27.2 Å². The molecule has 1 aliphatic carbocycles. The van der Waals surface area contributed by atoms with Gasteiger partial charge in [-0.05, 0) is 43.4 Å². The van der Waals surface area contributed by atoms with Crippen molar-refractivity contribution in [3.05, 3.63) is 29.8 Å². The number of hydrogen-bond donors (Lipinski definition) is 0. The molecular formula is C19H28N2O2. The number of carbonyl (C=O) groups is 1. The number of amides is 1. The van der Waals surface area contributed by atoms with Gasteiger partial charge in [0.05, 0.1) is 7.11 Å². The molecule has 2 fully saturated rings. The van der Waals surface area contributed by atoms with Crippen LogP contribution in [0.3, 0.4) is 0 Å². The van der Waals surface area contributed by atoms with E-state index in [2.05, 4.69) is 17.0 Å². The molecule has 4 heteroatoms. The number of carbonyl (C=O) groups excluding carboxylic acids is 1. The van der Waals surface area contributed by atoms with E-state index in [9.17, 15) is 4.79 Å². The fourth-order valence-corrected chi connectivity index (χ4v) is 3.62. The van der Waals surface area contributed by atoms with Crippen molar-refractivity contribution < 1.29 is 9.53 Å². The topological polar surface area (TPSA) is 32.8 Å². The molecule has 1 aromatic rings. The molecule has 0 N–H and O–H groups in total. The molecule has 3 rings (SSSR count). The maximum atomic E-state index is 12.4. The Labute approximate surface area is 139 Å².